The third-order valence-electron chi connectivity index (χ3n) is 6.09. The molecule has 8 nitrogen and oxygen atoms in total. The van der Waals surface area contributed by atoms with Gasteiger partial charge in [-0.1, -0.05) is 54.7 Å². The van der Waals surface area contributed by atoms with Crippen LogP contribution in [0.4, 0.5) is 10.3 Å². The minimum atomic E-state index is -1.08. The Labute approximate surface area is 215 Å². The van der Waals surface area contributed by atoms with Crippen molar-refractivity contribution >= 4 is 55.0 Å². The summed E-state index contributed by atoms with van der Waals surface area (Å²) in [5.74, 6) is -1.49. The highest BCUT2D eigenvalue weighted by Gasteiger charge is 2.27. The Bertz CT molecular complexity index is 1440. The summed E-state index contributed by atoms with van der Waals surface area (Å²) in [5, 5.41) is 22.9. The van der Waals surface area contributed by atoms with Gasteiger partial charge in [-0.3, -0.25) is 10.1 Å². The van der Waals surface area contributed by atoms with Crippen molar-refractivity contribution in [1.29, 1.82) is 0 Å². The molecule has 0 saturated heterocycles. The fourth-order valence-electron chi connectivity index (χ4n) is 4.32. The number of hydrogen-bond donors (Lipinski definition) is 3. The minimum absolute atomic E-state index is 0.0257. The summed E-state index contributed by atoms with van der Waals surface area (Å²) in [4.78, 5) is 36.7. The number of aliphatic hydroxyl groups excluding tert-OH is 1. The van der Waals surface area contributed by atoms with Crippen molar-refractivity contribution in [3.8, 4) is 0 Å². The summed E-state index contributed by atoms with van der Waals surface area (Å²) in [6, 6.07) is 13.5. The molecular weight excluding hydrogens is 496 g/mol. The van der Waals surface area contributed by atoms with Gasteiger partial charge in [-0.2, -0.15) is 0 Å². The number of para-hydroxylation sites is 1. The Morgan fingerprint density at radius 2 is 2.00 bits per heavy atom. The molecule has 0 fully saturated rings. The van der Waals surface area contributed by atoms with E-state index in [4.69, 9.17) is 5.11 Å². The number of aliphatic hydroxyl groups is 1. The molecule has 4 aromatic rings. The molecule has 0 saturated carbocycles. The van der Waals surface area contributed by atoms with Crippen molar-refractivity contribution in [1.82, 2.24) is 9.97 Å². The lowest BCUT2D eigenvalue weighted by Gasteiger charge is -2.29. The van der Waals surface area contributed by atoms with Crippen molar-refractivity contribution in [3.05, 3.63) is 81.9 Å². The van der Waals surface area contributed by atoms with Gasteiger partial charge in [0.05, 0.1) is 16.8 Å². The van der Waals surface area contributed by atoms with E-state index in [1.165, 1.54) is 22.7 Å². The van der Waals surface area contributed by atoms with E-state index in [1.54, 1.807) is 12.2 Å². The molecule has 0 radical (unpaired) electrons. The lowest BCUT2D eigenvalue weighted by molar-refractivity contribution is 0.0689. The first kappa shape index (κ1) is 24.1. The van der Waals surface area contributed by atoms with Crippen LogP contribution in [0.1, 0.15) is 49.7 Å². The zero-order valence-corrected chi connectivity index (χ0v) is 21.1. The van der Waals surface area contributed by atoms with Gasteiger partial charge in [0, 0.05) is 29.4 Å². The van der Waals surface area contributed by atoms with Crippen LogP contribution in [-0.4, -0.2) is 45.2 Å². The van der Waals surface area contributed by atoms with Crippen LogP contribution in [-0.2, 0) is 13.0 Å². The van der Waals surface area contributed by atoms with Crippen LogP contribution in [0, 0.1) is 0 Å². The maximum Gasteiger partial charge on any atom is 0.355 e. The highest BCUT2D eigenvalue weighted by atomic mass is 32.1. The largest absolute Gasteiger partial charge is 0.476 e. The molecule has 2 aromatic heterocycles. The fraction of sp³-hybridized carbons (Fsp3) is 0.231. The number of carbonyl (C=O) groups is 2. The Balaban J connectivity index is 1.42. The van der Waals surface area contributed by atoms with Gasteiger partial charge in [0.1, 0.15) is 0 Å². The normalized spacial score (nSPS) is 14.2. The van der Waals surface area contributed by atoms with Crippen LogP contribution in [0.3, 0.4) is 0 Å². The Morgan fingerprint density at radius 1 is 1.17 bits per heavy atom. The second-order valence-electron chi connectivity index (χ2n) is 8.47. The topological polar surface area (TPSA) is 116 Å². The molecule has 3 heterocycles. The highest BCUT2D eigenvalue weighted by molar-refractivity contribution is 7.22. The number of thiazole rings is 2. The summed E-state index contributed by atoms with van der Waals surface area (Å²) >= 11 is 2.77. The summed E-state index contributed by atoms with van der Waals surface area (Å²) in [5.41, 5.74) is 3.45. The second-order valence-corrected chi connectivity index (χ2v) is 10.5. The van der Waals surface area contributed by atoms with Gasteiger partial charge >= 0.3 is 5.97 Å². The number of anilines is 2. The molecule has 10 heteroatoms. The number of amides is 1. The number of nitrogens with one attached hydrogen (secondary N) is 1. The van der Waals surface area contributed by atoms with Gasteiger partial charge in [0.15, 0.2) is 16.0 Å². The standard InChI is InChI=1S/C26H24N4O4S2/c1-15(6-5-13-31)22-21(24(33)34)28-26(36-22)30-12-11-16-7-4-8-17(18(16)14-30)23(32)29-25-27-19-9-2-3-10-20(19)35-25/h2-10,15,31H,11-14H2,1H3,(H,33,34)(H,27,29,32). The van der Waals surface area contributed by atoms with E-state index in [-0.39, 0.29) is 24.1 Å². The molecule has 2 aromatic carbocycles. The molecule has 1 aliphatic rings. The van der Waals surface area contributed by atoms with E-state index in [9.17, 15) is 14.7 Å². The molecule has 184 valence electrons. The van der Waals surface area contributed by atoms with Crippen molar-refractivity contribution in [2.75, 3.05) is 23.4 Å². The molecule has 0 bridgehead atoms. The number of carboxylic acids is 1. The Hall–Kier alpha value is -3.60. The first-order valence-corrected chi connectivity index (χ1v) is 13.1. The maximum atomic E-state index is 13.3. The maximum absolute atomic E-state index is 13.3. The summed E-state index contributed by atoms with van der Waals surface area (Å²) < 4.78 is 1.01. The number of carbonyl (C=O) groups excluding carboxylic acids is 1. The summed E-state index contributed by atoms with van der Waals surface area (Å²) in [7, 11) is 0. The van der Waals surface area contributed by atoms with E-state index in [2.05, 4.69) is 15.3 Å². The zero-order chi connectivity index (χ0) is 25.2. The molecule has 3 N–H and O–H groups in total. The molecule has 5 rings (SSSR count). The van der Waals surface area contributed by atoms with Crippen molar-refractivity contribution in [2.45, 2.75) is 25.8 Å². The predicted octanol–water partition coefficient (Wildman–Crippen LogP) is 4.92. The lowest BCUT2D eigenvalue weighted by atomic mass is 9.94. The smallest absolute Gasteiger partial charge is 0.355 e. The van der Waals surface area contributed by atoms with Gasteiger partial charge in [0.2, 0.25) is 0 Å². The quantitative estimate of drug-likeness (QED) is 0.296. The monoisotopic (exact) mass is 520 g/mol. The van der Waals surface area contributed by atoms with E-state index in [1.807, 2.05) is 54.3 Å². The minimum Gasteiger partial charge on any atom is -0.476 e. The third-order valence-corrected chi connectivity index (χ3v) is 8.36. The van der Waals surface area contributed by atoms with Gasteiger partial charge in [-0.25, -0.2) is 14.8 Å². The number of aromatic nitrogens is 2. The number of hydrogen-bond acceptors (Lipinski definition) is 8. The highest BCUT2D eigenvalue weighted by Crippen LogP contribution is 2.36. The lowest BCUT2D eigenvalue weighted by Crippen LogP contribution is -2.32. The molecule has 0 aliphatic carbocycles. The average Bonchev–Trinajstić information content (AvgIpc) is 3.51. The van der Waals surface area contributed by atoms with E-state index < -0.39 is 5.97 Å². The number of rotatable bonds is 7. The third kappa shape index (κ3) is 4.75. The van der Waals surface area contributed by atoms with Gasteiger partial charge < -0.3 is 15.1 Å². The van der Waals surface area contributed by atoms with Crippen molar-refractivity contribution in [3.63, 3.8) is 0 Å². The van der Waals surface area contributed by atoms with E-state index >= 15 is 0 Å². The number of nitrogens with zero attached hydrogens (tertiary/aromatic N) is 3. The van der Waals surface area contributed by atoms with Gasteiger partial charge in [-0.15, -0.1) is 11.3 Å². The average molecular weight is 521 g/mol. The number of benzene rings is 2. The van der Waals surface area contributed by atoms with Gasteiger partial charge in [-0.05, 0) is 35.7 Å². The summed E-state index contributed by atoms with van der Waals surface area (Å²) in [6.07, 6.45) is 4.09. The molecule has 1 amide bonds. The number of allylic oxidation sites excluding steroid dienone is 1. The molecular formula is C26H24N4O4S2. The van der Waals surface area contributed by atoms with Gasteiger partial charge in [0.25, 0.3) is 5.91 Å². The molecule has 1 unspecified atom stereocenters. The Kier molecular flexibility index (Phi) is 6.82. The van der Waals surface area contributed by atoms with Crippen LogP contribution >= 0.6 is 22.7 Å². The van der Waals surface area contributed by atoms with E-state index in [0.29, 0.717) is 33.8 Å². The molecule has 0 spiro atoms. The fourth-order valence-corrected chi connectivity index (χ4v) is 6.29. The van der Waals surface area contributed by atoms with Crippen LogP contribution in [0.5, 0.6) is 0 Å². The van der Waals surface area contributed by atoms with Crippen LogP contribution in [0.15, 0.2) is 54.6 Å². The number of carboxylic acid groups (broad SMARTS) is 1. The van der Waals surface area contributed by atoms with Crippen molar-refractivity contribution < 1.29 is 19.8 Å². The predicted molar refractivity (Wildman–Crippen MR) is 142 cm³/mol. The SMILES string of the molecule is CC(C=CCO)c1sc(N2CCc3cccc(C(=O)Nc4nc5ccccc5s4)c3C2)nc1C(=O)O. The molecule has 1 atom stereocenters. The molecule has 1 aliphatic heterocycles. The Morgan fingerprint density at radius 3 is 2.78 bits per heavy atom. The summed E-state index contributed by atoms with van der Waals surface area (Å²) in [6.45, 7) is 2.89. The van der Waals surface area contributed by atoms with Crippen molar-refractivity contribution in [2.24, 2.45) is 0 Å². The van der Waals surface area contributed by atoms with Crippen LogP contribution in [0.25, 0.3) is 10.2 Å². The first-order valence-electron chi connectivity index (χ1n) is 11.5. The van der Waals surface area contributed by atoms with E-state index in [0.717, 1.165) is 27.8 Å². The zero-order valence-electron chi connectivity index (χ0n) is 19.5. The first-order chi connectivity index (χ1) is 17.4. The second kappa shape index (κ2) is 10.2. The number of fused-ring (bicyclic) bond motifs is 2. The number of aromatic carboxylic acids is 1. The van der Waals surface area contributed by atoms with Crippen LogP contribution in [0.2, 0.25) is 0 Å². The van der Waals surface area contributed by atoms with Crippen LogP contribution < -0.4 is 10.2 Å². The molecule has 36 heavy (non-hydrogen) atoms.